The quantitative estimate of drug-likeness (QED) is 0.839. The fraction of sp³-hybridized carbons (Fsp3) is 0.412. The van der Waals surface area contributed by atoms with Gasteiger partial charge in [0.25, 0.3) is 0 Å². The molecule has 1 atom stereocenters. The second-order valence-electron chi connectivity index (χ2n) is 5.76. The molecule has 21 heavy (non-hydrogen) atoms. The highest BCUT2D eigenvalue weighted by molar-refractivity contribution is 7.09. The average Bonchev–Trinajstić information content (AvgIpc) is 3.00. The summed E-state index contributed by atoms with van der Waals surface area (Å²) < 4.78 is 0. The average molecular weight is 323 g/mol. The van der Waals surface area contributed by atoms with Crippen molar-refractivity contribution in [1.82, 2.24) is 4.90 Å². The van der Waals surface area contributed by atoms with E-state index in [2.05, 4.69) is 48.5 Å². The van der Waals surface area contributed by atoms with E-state index in [1.807, 2.05) is 23.5 Å². The zero-order valence-electron chi connectivity index (χ0n) is 12.7. The molecule has 0 amide bonds. The minimum atomic E-state index is -0.0366. The fourth-order valence-electron chi connectivity index (χ4n) is 2.41. The SMILES string of the molecule is CN(CCc1cccs1)C(C)(CN)Cc1ccc(Cl)cc1. The largest absolute Gasteiger partial charge is 0.329 e. The number of nitrogens with two attached hydrogens (primary N) is 1. The molecule has 4 heteroatoms. The standard InChI is InChI=1S/C17H23ClN2S/c1-17(13-19,12-14-5-7-15(18)8-6-14)20(2)10-9-16-4-3-11-21-16/h3-8,11H,9-10,12-13,19H2,1-2H3. The normalized spacial score (nSPS) is 14.3. The number of likely N-dealkylation sites (N-methyl/N-ethyl adjacent to an activating group) is 1. The van der Waals surface area contributed by atoms with Gasteiger partial charge in [-0.25, -0.2) is 0 Å². The third-order valence-corrected chi connectivity index (χ3v) is 5.32. The van der Waals surface area contributed by atoms with Crippen LogP contribution in [0.15, 0.2) is 41.8 Å². The molecule has 0 saturated heterocycles. The van der Waals surface area contributed by atoms with E-state index in [1.165, 1.54) is 10.4 Å². The lowest BCUT2D eigenvalue weighted by Crippen LogP contribution is -2.52. The molecule has 0 saturated carbocycles. The number of hydrogen-bond acceptors (Lipinski definition) is 3. The molecular weight excluding hydrogens is 300 g/mol. The van der Waals surface area contributed by atoms with E-state index in [0.717, 1.165) is 24.4 Å². The Morgan fingerprint density at radius 1 is 1.24 bits per heavy atom. The molecule has 0 aliphatic rings. The molecule has 0 spiro atoms. The summed E-state index contributed by atoms with van der Waals surface area (Å²) in [5.41, 5.74) is 7.31. The zero-order valence-corrected chi connectivity index (χ0v) is 14.3. The Morgan fingerprint density at radius 3 is 2.52 bits per heavy atom. The maximum absolute atomic E-state index is 6.07. The Kier molecular flexibility index (Phi) is 5.82. The molecule has 1 unspecified atom stereocenters. The number of thiophene rings is 1. The maximum atomic E-state index is 6.07. The van der Waals surface area contributed by atoms with Crippen LogP contribution in [-0.2, 0) is 12.8 Å². The smallest absolute Gasteiger partial charge is 0.0406 e. The van der Waals surface area contributed by atoms with Gasteiger partial charge in [-0.3, -0.25) is 4.90 Å². The van der Waals surface area contributed by atoms with Crippen LogP contribution < -0.4 is 5.73 Å². The van der Waals surface area contributed by atoms with Crippen LogP contribution in [0, 0.1) is 0 Å². The molecule has 2 nitrogen and oxygen atoms in total. The second kappa shape index (κ2) is 7.41. The molecular formula is C17H23ClN2S. The van der Waals surface area contributed by atoms with Crippen molar-refractivity contribution in [2.24, 2.45) is 5.73 Å². The van der Waals surface area contributed by atoms with E-state index in [1.54, 1.807) is 0 Å². The van der Waals surface area contributed by atoms with Crippen LogP contribution in [0.2, 0.25) is 5.02 Å². The molecule has 1 heterocycles. The Bertz CT molecular complexity index is 538. The third kappa shape index (κ3) is 4.55. The topological polar surface area (TPSA) is 29.3 Å². The number of rotatable bonds is 7. The summed E-state index contributed by atoms with van der Waals surface area (Å²) in [5.74, 6) is 0. The van der Waals surface area contributed by atoms with Gasteiger partial charge < -0.3 is 5.73 Å². The fourth-order valence-corrected chi connectivity index (χ4v) is 3.23. The molecule has 0 aliphatic heterocycles. The zero-order chi connectivity index (χ0) is 15.3. The van der Waals surface area contributed by atoms with Crippen molar-refractivity contribution in [2.45, 2.75) is 25.3 Å². The highest BCUT2D eigenvalue weighted by Crippen LogP contribution is 2.21. The summed E-state index contributed by atoms with van der Waals surface area (Å²) in [6, 6.07) is 12.4. The third-order valence-electron chi connectivity index (χ3n) is 4.13. The molecule has 0 bridgehead atoms. The number of benzene rings is 1. The molecule has 114 valence electrons. The van der Waals surface area contributed by atoms with E-state index < -0.39 is 0 Å². The van der Waals surface area contributed by atoms with Crippen LogP contribution in [0.25, 0.3) is 0 Å². The van der Waals surface area contributed by atoms with Crippen molar-refractivity contribution in [3.8, 4) is 0 Å². The van der Waals surface area contributed by atoms with Crippen molar-refractivity contribution in [3.63, 3.8) is 0 Å². The molecule has 0 fully saturated rings. The van der Waals surface area contributed by atoms with Crippen molar-refractivity contribution in [1.29, 1.82) is 0 Å². The summed E-state index contributed by atoms with van der Waals surface area (Å²) in [5, 5.41) is 2.91. The Balaban J connectivity index is 1.99. The summed E-state index contributed by atoms with van der Waals surface area (Å²) >= 11 is 7.77. The van der Waals surface area contributed by atoms with Crippen LogP contribution in [0.3, 0.4) is 0 Å². The molecule has 2 rings (SSSR count). The molecule has 1 aromatic carbocycles. The van der Waals surface area contributed by atoms with E-state index in [9.17, 15) is 0 Å². The van der Waals surface area contributed by atoms with E-state index in [-0.39, 0.29) is 5.54 Å². The minimum Gasteiger partial charge on any atom is -0.329 e. The maximum Gasteiger partial charge on any atom is 0.0406 e. The number of halogens is 1. The van der Waals surface area contributed by atoms with Gasteiger partial charge in [0.1, 0.15) is 0 Å². The van der Waals surface area contributed by atoms with Crippen molar-refractivity contribution in [3.05, 3.63) is 57.2 Å². The van der Waals surface area contributed by atoms with Gasteiger partial charge >= 0.3 is 0 Å². The second-order valence-corrected chi connectivity index (χ2v) is 7.22. The summed E-state index contributed by atoms with van der Waals surface area (Å²) in [7, 11) is 2.16. The van der Waals surface area contributed by atoms with Gasteiger partial charge in [-0.15, -0.1) is 11.3 Å². The van der Waals surface area contributed by atoms with Crippen LogP contribution in [-0.4, -0.2) is 30.6 Å². The van der Waals surface area contributed by atoms with Gasteiger partial charge in [0.15, 0.2) is 0 Å². The predicted octanol–water partition coefficient (Wildman–Crippen LogP) is 3.84. The molecule has 0 aliphatic carbocycles. The minimum absolute atomic E-state index is 0.0366. The highest BCUT2D eigenvalue weighted by atomic mass is 35.5. The van der Waals surface area contributed by atoms with Gasteiger partial charge in [0.05, 0.1) is 0 Å². The van der Waals surface area contributed by atoms with Crippen LogP contribution in [0.4, 0.5) is 0 Å². The summed E-state index contributed by atoms with van der Waals surface area (Å²) in [6.07, 6.45) is 2.01. The lowest BCUT2D eigenvalue weighted by Gasteiger charge is -2.38. The Labute approximate surface area is 136 Å². The van der Waals surface area contributed by atoms with Crippen molar-refractivity contribution >= 4 is 22.9 Å². The van der Waals surface area contributed by atoms with Gasteiger partial charge in [-0.1, -0.05) is 29.8 Å². The Morgan fingerprint density at radius 2 is 1.95 bits per heavy atom. The predicted molar refractivity (Wildman–Crippen MR) is 93.3 cm³/mol. The van der Waals surface area contributed by atoms with Gasteiger partial charge in [0.2, 0.25) is 0 Å². The Hall–Kier alpha value is -0.870. The summed E-state index contributed by atoms with van der Waals surface area (Å²) in [6.45, 7) is 3.88. The van der Waals surface area contributed by atoms with Crippen LogP contribution >= 0.6 is 22.9 Å². The van der Waals surface area contributed by atoms with Gasteiger partial charge in [0, 0.05) is 28.5 Å². The van der Waals surface area contributed by atoms with Crippen LogP contribution in [0.5, 0.6) is 0 Å². The van der Waals surface area contributed by atoms with Crippen LogP contribution in [0.1, 0.15) is 17.4 Å². The first-order valence-electron chi connectivity index (χ1n) is 7.22. The number of hydrogen-bond donors (Lipinski definition) is 1. The van der Waals surface area contributed by atoms with Gasteiger partial charge in [-0.2, -0.15) is 0 Å². The lowest BCUT2D eigenvalue weighted by atomic mass is 9.91. The first kappa shape index (κ1) is 16.5. The molecule has 2 aromatic rings. The van der Waals surface area contributed by atoms with Crippen molar-refractivity contribution < 1.29 is 0 Å². The molecule has 1 aromatic heterocycles. The van der Waals surface area contributed by atoms with Gasteiger partial charge in [-0.05, 0) is 56.0 Å². The first-order chi connectivity index (χ1) is 10.0. The monoisotopic (exact) mass is 322 g/mol. The van der Waals surface area contributed by atoms with Crippen molar-refractivity contribution in [2.75, 3.05) is 20.1 Å². The number of nitrogens with zero attached hydrogens (tertiary/aromatic N) is 1. The lowest BCUT2D eigenvalue weighted by molar-refractivity contribution is 0.146. The highest BCUT2D eigenvalue weighted by Gasteiger charge is 2.27. The summed E-state index contributed by atoms with van der Waals surface area (Å²) in [4.78, 5) is 3.80. The molecule has 0 radical (unpaired) electrons. The molecule has 2 N–H and O–H groups in total. The van der Waals surface area contributed by atoms with E-state index in [4.69, 9.17) is 17.3 Å². The van der Waals surface area contributed by atoms with E-state index in [0.29, 0.717) is 6.54 Å². The van der Waals surface area contributed by atoms with E-state index >= 15 is 0 Å². The first-order valence-corrected chi connectivity index (χ1v) is 8.47.